The molecule has 14 heteroatoms. The molecule has 0 saturated carbocycles. The van der Waals surface area contributed by atoms with Gasteiger partial charge < -0.3 is 9.88 Å². The average Bonchev–Trinajstić information content (AvgIpc) is 3.63. The van der Waals surface area contributed by atoms with Crippen molar-refractivity contribution in [2.45, 2.75) is 57.9 Å². The fourth-order valence-electron chi connectivity index (χ4n) is 6.19. The van der Waals surface area contributed by atoms with Crippen molar-refractivity contribution >= 4 is 54.0 Å². The van der Waals surface area contributed by atoms with E-state index in [0.29, 0.717) is 40.4 Å². The summed E-state index contributed by atoms with van der Waals surface area (Å²) < 4.78 is 66.8. The molecule has 0 amide bonds. The molecular formula is C34H34F3N7O2S2. The molecule has 48 heavy (non-hydrogen) atoms. The summed E-state index contributed by atoms with van der Waals surface area (Å²) in [7, 11) is -3.57. The van der Waals surface area contributed by atoms with Crippen molar-refractivity contribution in [3.05, 3.63) is 94.1 Å². The SMILES string of the molecule is C=CS(=O)(=O)Nc1ccc(CCn2c(C#N)cc3c(C)c(CN4CCC(Nc5ncnc6sc(CC(F)(F)F)cc56)CC4)ccc32)cc1. The lowest BCUT2D eigenvalue weighted by molar-refractivity contribution is -0.126. The Kier molecular flexibility index (Phi) is 9.46. The second kappa shape index (κ2) is 13.6. The molecule has 4 heterocycles. The largest absolute Gasteiger partial charge is 0.393 e. The molecule has 250 valence electrons. The predicted molar refractivity (Wildman–Crippen MR) is 183 cm³/mol. The van der Waals surface area contributed by atoms with Crippen LogP contribution in [0.25, 0.3) is 21.1 Å². The third kappa shape index (κ3) is 7.64. The first kappa shape index (κ1) is 33.5. The van der Waals surface area contributed by atoms with E-state index in [1.165, 1.54) is 11.9 Å². The highest BCUT2D eigenvalue weighted by atomic mass is 32.2. The minimum atomic E-state index is -4.27. The summed E-state index contributed by atoms with van der Waals surface area (Å²) in [5.41, 5.74) is 5.38. The van der Waals surface area contributed by atoms with E-state index < -0.39 is 22.6 Å². The first-order valence-electron chi connectivity index (χ1n) is 15.5. The van der Waals surface area contributed by atoms with Gasteiger partial charge in [0.15, 0.2) is 0 Å². The number of piperidine rings is 1. The number of alkyl halides is 3. The van der Waals surface area contributed by atoms with Crippen molar-refractivity contribution < 1.29 is 21.6 Å². The minimum absolute atomic E-state index is 0.147. The van der Waals surface area contributed by atoms with Crippen LogP contribution >= 0.6 is 11.3 Å². The number of fused-ring (bicyclic) bond motifs is 2. The number of likely N-dealkylation sites (tertiary alicyclic amines) is 1. The Hall–Kier alpha value is -4.45. The Morgan fingerprint density at radius 2 is 1.85 bits per heavy atom. The Labute approximate surface area is 280 Å². The molecule has 0 aliphatic carbocycles. The van der Waals surface area contributed by atoms with Crippen LogP contribution in [0.15, 0.2) is 66.8 Å². The number of nitriles is 1. The first-order valence-corrected chi connectivity index (χ1v) is 17.8. The molecule has 6 rings (SSSR count). The lowest BCUT2D eigenvalue weighted by Gasteiger charge is -2.33. The van der Waals surface area contributed by atoms with E-state index >= 15 is 0 Å². The predicted octanol–water partition coefficient (Wildman–Crippen LogP) is 7.14. The molecule has 3 aromatic heterocycles. The Bertz CT molecular complexity index is 2110. The number of aromatic nitrogens is 3. The number of benzene rings is 2. The zero-order valence-corrected chi connectivity index (χ0v) is 27.9. The van der Waals surface area contributed by atoms with Crippen LogP contribution in [0.4, 0.5) is 24.7 Å². The van der Waals surface area contributed by atoms with Crippen LogP contribution < -0.4 is 10.0 Å². The highest BCUT2D eigenvalue weighted by Gasteiger charge is 2.29. The third-order valence-corrected chi connectivity index (χ3v) is 10.7. The van der Waals surface area contributed by atoms with Gasteiger partial charge >= 0.3 is 6.18 Å². The molecule has 1 aliphatic rings. The van der Waals surface area contributed by atoms with Gasteiger partial charge in [0, 0.05) is 59.1 Å². The summed E-state index contributed by atoms with van der Waals surface area (Å²) in [6.07, 6.45) is -1.45. The highest BCUT2D eigenvalue weighted by molar-refractivity contribution is 7.95. The van der Waals surface area contributed by atoms with Gasteiger partial charge in [-0.1, -0.05) is 24.8 Å². The fraction of sp³-hybridized carbons (Fsp3) is 0.324. The Balaban J connectivity index is 1.08. The van der Waals surface area contributed by atoms with E-state index in [0.717, 1.165) is 71.3 Å². The molecule has 0 atom stereocenters. The van der Waals surface area contributed by atoms with Crippen molar-refractivity contribution in [1.82, 2.24) is 19.4 Å². The summed E-state index contributed by atoms with van der Waals surface area (Å²) in [5.74, 6) is 0.579. The Morgan fingerprint density at radius 1 is 1.10 bits per heavy atom. The van der Waals surface area contributed by atoms with Crippen molar-refractivity contribution in [1.29, 1.82) is 5.26 Å². The van der Waals surface area contributed by atoms with Gasteiger partial charge in [-0.05, 0) is 73.2 Å². The van der Waals surface area contributed by atoms with Gasteiger partial charge in [0.1, 0.15) is 28.7 Å². The van der Waals surface area contributed by atoms with Gasteiger partial charge in [-0.2, -0.15) is 18.4 Å². The quantitative estimate of drug-likeness (QED) is 0.151. The van der Waals surface area contributed by atoms with Gasteiger partial charge in [-0.15, -0.1) is 11.3 Å². The van der Waals surface area contributed by atoms with Gasteiger partial charge in [0.05, 0.1) is 11.8 Å². The molecule has 5 aromatic rings. The van der Waals surface area contributed by atoms with E-state index in [1.807, 2.05) is 22.8 Å². The van der Waals surface area contributed by atoms with Crippen molar-refractivity contribution in [2.75, 3.05) is 23.1 Å². The number of halogens is 3. The number of nitrogens with zero attached hydrogens (tertiary/aromatic N) is 5. The average molecular weight is 694 g/mol. The van der Waals surface area contributed by atoms with E-state index in [4.69, 9.17) is 0 Å². The molecule has 0 spiro atoms. The molecular weight excluding hydrogens is 660 g/mol. The highest BCUT2D eigenvalue weighted by Crippen LogP contribution is 2.33. The van der Waals surface area contributed by atoms with Crippen LogP contribution in [0.5, 0.6) is 0 Å². The zero-order chi connectivity index (χ0) is 34.1. The Morgan fingerprint density at radius 3 is 2.54 bits per heavy atom. The van der Waals surface area contributed by atoms with Gasteiger partial charge in [0.25, 0.3) is 10.0 Å². The number of sulfonamides is 1. The van der Waals surface area contributed by atoms with Crippen molar-refractivity contribution in [3.63, 3.8) is 0 Å². The summed E-state index contributed by atoms with van der Waals surface area (Å²) in [5, 5.41) is 15.9. The molecule has 0 radical (unpaired) electrons. The number of aryl methyl sites for hydroxylation is 3. The molecule has 9 nitrogen and oxygen atoms in total. The number of rotatable bonds is 11. The molecule has 2 N–H and O–H groups in total. The molecule has 1 fully saturated rings. The standard InChI is InChI=1S/C34H34F3N7O2S2/c1-3-48(45,46)42-26-7-4-23(5-8-26)10-15-44-27(19-38)16-29-22(2)24(6-9-31(29)44)20-43-13-11-25(12-14-43)41-32-30-17-28(18-34(35,36)37)47-33(30)40-21-39-32/h3-9,16-17,21,25,42H,1,10-15,18,20H2,2H3,(H,39,40,41). The molecule has 1 saturated heterocycles. The number of hydrogen-bond acceptors (Lipinski definition) is 8. The number of anilines is 2. The van der Waals surface area contributed by atoms with Gasteiger partial charge in [-0.25, -0.2) is 18.4 Å². The second-order valence-corrected chi connectivity index (χ2v) is 14.7. The molecule has 1 aliphatic heterocycles. The molecule has 2 aromatic carbocycles. The van der Waals surface area contributed by atoms with E-state index in [-0.39, 0.29) is 10.9 Å². The first-order chi connectivity index (χ1) is 22.9. The summed E-state index contributed by atoms with van der Waals surface area (Å²) >= 11 is 1.05. The second-order valence-electron chi connectivity index (χ2n) is 12.0. The number of thiophene rings is 1. The smallest absolute Gasteiger partial charge is 0.367 e. The lowest BCUT2D eigenvalue weighted by Crippen LogP contribution is -2.39. The van der Waals surface area contributed by atoms with Crippen LogP contribution in [-0.4, -0.2) is 53.2 Å². The minimum Gasteiger partial charge on any atom is -0.367 e. The molecule has 0 unspecified atom stereocenters. The van der Waals surface area contributed by atoms with Crippen LogP contribution in [0.2, 0.25) is 0 Å². The maximum atomic E-state index is 12.9. The van der Waals surface area contributed by atoms with Crippen LogP contribution in [0.1, 0.15) is 40.1 Å². The van der Waals surface area contributed by atoms with Crippen LogP contribution in [0, 0.1) is 18.3 Å². The number of hydrogen-bond donors (Lipinski definition) is 2. The van der Waals surface area contributed by atoms with E-state index in [1.54, 1.807) is 18.2 Å². The monoisotopic (exact) mass is 693 g/mol. The van der Waals surface area contributed by atoms with Crippen molar-refractivity contribution in [2.24, 2.45) is 0 Å². The summed E-state index contributed by atoms with van der Waals surface area (Å²) in [6, 6.07) is 17.3. The van der Waals surface area contributed by atoms with Gasteiger partial charge in [-0.3, -0.25) is 9.62 Å². The summed E-state index contributed by atoms with van der Waals surface area (Å²) in [6.45, 7) is 8.47. The molecule has 0 bridgehead atoms. The fourth-order valence-corrected chi connectivity index (χ4v) is 7.76. The normalized spacial score (nSPS) is 14.7. The topological polar surface area (TPSA) is 116 Å². The third-order valence-electron chi connectivity index (χ3n) is 8.72. The van der Waals surface area contributed by atoms with Crippen LogP contribution in [0.3, 0.4) is 0 Å². The van der Waals surface area contributed by atoms with E-state index in [9.17, 15) is 26.9 Å². The maximum Gasteiger partial charge on any atom is 0.393 e. The maximum absolute atomic E-state index is 12.9. The van der Waals surface area contributed by atoms with Gasteiger partial charge in [0.2, 0.25) is 0 Å². The zero-order valence-electron chi connectivity index (χ0n) is 26.2. The van der Waals surface area contributed by atoms with E-state index in [2.05, 4.69) is 56.6 Å². The lowest BCUT2D eigenvalue weighted by atomic mass is 10.0. The number of nitrogens with one attached hydrogen (secondary N) is 2. The van der Waals surface area contributed by atoms with Crippen molar-refractivity contribution in [3.8, 4) is 6.07 Å². The summed E-state index contributed by atoms with van der Waals surface area (Å²) in [4.78, 5) is 11.7. The van der Waals surface area contributed by atoms with Crippen LogP contribution in [-0.2, 0) is 36.0 Å².